The van der Waals surface area contributed by atoms with Crippen molar-refractivity contribution < 1.29 is 17.9 Å². The largest absolute Gasteiger partial charge is 0.496 e. The van der Waals surface area contributed by atoms with Gasteiger partial charge >= 0.3 is 0 Å². The van der Waals surface area contributed by atoms with Crippen molar-refractivity contribution in [1.29, 1.82) is 0 Å². The summed E-state index contributed by atoms with van der Waals surface area (Å²) >= 11 is 7.30. The summed E-state index contributed by atoms with van der Waals surface area (Å²) in [6, 6.07) is 19.3. The van der Waals surface area contributed by atoms with Gasteiger partial charge in [-0.1, -0.05) is 47.6 Å². The molecule has 31 heavy (non-hydrogen) atoms. The van der Waals surface area contributed by atoms with Gasteiger partial charge in [0.1, 0.15) is 5.75 Å². The number of primary sulfonamides is 1. The average molecular weight is 477 g/mol. The molecule has 0 unspecified atom stereocenters. The Labute approximate surface area is 190 Å². The minimum absolute atomic E-state index is 0.0571. The van der Waals surface area contributed by atoms with Crippen LogP contribution in [0.25, 0.3) is 0 Å². The molecular formula is C22H21ClN2O4S2. The zero-order valence-corrected chi connectivity index (χ0v) is 19.1. The van der Waals surface area contributed by atoms with Crippen LogP contribution in [-0.2, 0) is 16.4 Å². The van der Waals surface area contributed by atoms with Crippen LogP contribution in [0.4, 0.5) is 0 Å². The summed E-state index contributed by atoms with van der Waals surface area (Å²) in [6.45, 7) is 0.295. The summed E-state index contributed by atoms with van der Waals surface area (Å²) in [7, 11) is -2.44. The second kappa shape index (κ2) is 10.2. The number of ether oxygens (including phenoxy) is 1. The fourth-order valence-corrected chi connectivity index (χ4v) is 5.06. The van der Waals surface area contributed by atoms with Gasteiger partial charge in [0.05, 0.1) is 17.6 Å². The smallest absolute Gasteiger partial charge is 0.255 e. The Morgan fingerprint density at radius 3 is 2.52 bits per heavy atom. The van der Waals surface area contributed by atoms with Crippen LogP contribution in [0.2, 0.25) is 5.02 Å². The van der Waals surface area contributed by atoms with E-state index < -0.39 is 10.0 Å². The van der Waals surface area contributed by atoms with Crippen molar-refractivity contribution in [2.24, 2.45) is 5.14 Å². The van der Waals surface area contributed by atoms with Crippen molar-refractivity contribution >= 4 is 39.3 Å². The number of halogens is 1. The first-order valence-electron chi connectivity index (χ1n) is 9.28. The molecule has 0 aliphatic rings. The third-order valence-corrected chi connectivity index (χ3v) is 6.79. The van der Waals surface area contributed by atoms with Gasteiger partial charge in [0.15, 0.2) is 0 Å². The monoisotopic (exact) mass is 476 g/mol. The number of nitrogens with one attached hydrogen (secondary N) is 1. The molecule has 3 aromatic carbocycles. The van der Waals surface area contributed by atoms with Gasteiger partial charge < -0.3 is 10.1 Å². The molecule has 0 saturated heterocycles. The third kappa shape index (κ3) is 6.24. The first kappa shape index (κ1) is 23.1. The molecule has 0 saturated carbocycles. The topological polar surface area (TPSA) is 98.5 Å². The standard InChI is InChI=1S/C22H21ClN2O4S2/c1-29-19-9-8-16(23)14-18(19)22(26)25-12-11-15-7-10-20(21(13-15)31(24,27)28)30-17-5-3-2-4-6-17/h2-10,13-14H,11-12H2,1H3,(H,25,26)(H2,24,27,28). The van der Waals surface area contributed by atoms with Gasteiger partial charge in [0.2, 0.25) is 10.0 Å². The third-order valence-electron chi connectivity index (χ3n) is 4.39. The fraction of sp³-hybridized carbons (Fsp3) is 0.136. The molecule has 3 aromatic rings. The molecule has 0 aliphatic heterocycles. The van der Waals surface area contributed by atoms with E-state index in [1.165, 1.54) is 24.9 Å². The van der Waals surface area contributed by atoms with Crippen molar-refractivity contribution in [2.75, 3.05) is 13.7 Å². The maximum Gasteiger partial charge on any atom is 0.255 e. The number of hydrogen-bond donors (Lipinski definition) is 2. The predicted octanol–water partition coefficient (Wildman–Crippen LogP) is 4.12. The summed E-state index contributed by atoms with van der Waals surface area (Å²) < 4.78 is 29.5. The van der Waals surface area contributed by atoms with Crippen LogP contribution in [0.3, 0.4) is 0 Å². The van der Waals surface area contributed by atoms with E-state index in [1.54, 1.807) is 24.3 Å². The van der Waals surface area contributed by atoms with E-state index in [9.17, 15) is 13.2 Å². The Morgan fingerprint density at radius 2 is 1.84 bits per heavy atom. The van der Waals surface area contributed by atoms with Gasteiger partial charge in [-0.3, -0.25) is 4.79 Å². The summed E-state index contributed by atoms with van der Waals surface area (Å²) in [5.74, 6) is 0.0861. The Balaban J connectivity index is 1.72. The van der Waals surface area contributed by atoms with Crippen LogP contribution in [0.5, 0.6) is 5.75 Å². The number of rotatable bonds is 8. The van der Waals surface area contributed by atoms with Crippen LogP contribution < -0.4 is 15.2 Å². The lowest BCUT2D eigenvalue weighted by Crippen LogP contribution is -2.26. The zero-order valence-electron chi connectivity index (χ0n) is 16.7. The molecule has 0 fully saturated rings. The molecule has 0 aliphatic carbocycles. The molecule has 3 N–H and O–H groups in total. The number of carbonyl (C=O) groups excluding carboxylic acids is 1. The summed E-state index contributed by atoms with van der Waals surface area (Å²) in [6.07, 6.45) is 0.424. The van der Waals surface area contributed by atoms with Crippen molar-refractivity contribution in [3.63, 3.8) is 0 Å². The quantitative estimate of drug-likeness (QED) is 0.509. The molecular weight excluding hydrogens is 456 g/mol. The van der Waals surface area contributed by atoms with Crippen LogP contribution in [0.1, 0.15) is 15.9 Å². The van der Waals surface area contributed by atoms with E-state index in [2.05, 4.69) is 5.32 Å². The van der Waals surface area contributed by atoms with E-state index in [0.717, 1.165) is 10.5 Å². The second-order valence-corrected chi connectivity index (χ2v) is 9.67. The molecule has 162 valence electrons. The number of nitrogens with two attached hydrogens (primary N) is 1. The normalized spacial score (nSPS) is 11.2. The number of carbonyl (C=O) groups is 1. The molecule has 1 amide bonds. The van der Waals surface area contributed by atoms with Gasteiger partial charge in [-0.2, -0.15) is 0 Å². The molecule has 0 aromatic heterocycles. The number of sulfonamides is 1. The summed E-state index contributed by atoms with van der Waals surface area (Å²) in [5.41, 5.74) is 1.06. The lowest BCUT2D eigenvalue weighted by molar-refractivity contribution is 0.0951. The van der Waals surface area contributed by atoms with Crippen molar-refractivity contribution in [1.82, 2.24) is 5.32 Å². The van der Waals surface area contributed by atoms with Crippen molar-refractivity contribution in [2.45, 2.75) is 21.1 Å². The highest BCUT2D eigenvalue weighted by Gasteiger charge is 2.17. The van der Waals surface area contributed by atoms with Gasteiger partial charge in [-0.05, 0) is 54.4 Å². The van der Waals surface area contributed by atoms with Crippen LogP contribution >= 0.6 is 23.4 Å². The molecule has 0 bridgehead atoms. The van der Waals surface area contributed by atoms with Gasteiger partial charge in [-0.25, -0.2) is 13.6 Å². The molecule has 0 spiro atoms. The minimum atomic E-state index is -3.91. The Kier molecular flexibility index (Phi) is 7.61. The average Bonchev–Trinajstić information content (AvgIpc) is 2.74. The Hall–Kier alpha value is -2.52. The van der Waals surface area contributed by atoms with Crippen molar-refractivity contribution in [3.05, 3.63) is 82.9 Å². The van der Waals surface area contributed by atoms with E-state index >= 15 is 0 Å². The maximum atomic E-state index is 12.5. The first-order valence-corrected chi connectivity index (χ1v) is 12.0. The van der Waals surface area contributed by atoms with Crippen LogP contribution in [0.15, 0.2) is 81.4 Å². The molecule has 6 nitrogen and oxygen atoms in total. The minimum Gasteiger partial charge on any atom is -0.496 e. The number of amides is 1. The molecule has 0 atom stereocenters. The summed E-state index contributed by atoms with van der Waals surface area (Å²) in [5, 5.41) is 8.67. The van der Waals surface area contributed by atoms with Crippen molar-refractivity contribution in [3.8, 4) is 5.75 Å². The molecule has 9 heteroatoms. The number of benzene rings is 3. The maximum absolute atomic E-state index is 12.5. The van der Waals surface area contributed by atoms with E-state index in [4.69, 9.17) is 21.5 Å². The highest BCUT2D eigenvalue weighted by atomic mass is 35.5. The molecule has 3 rings (SSSR count). The summed E-state index contributed by atoms with van der Waals surface area (Å²) in [4.78, 5) is 14.0. The second-order valence-electron chi connectivity index (χ2n) is 6.59. The first-order chi connectivity index (χ1) is 14.8. The Morgan fingerprint density at radius 1 is 1.10 bits per heavy atom. The lowest BCUT2D eigenvalue weighted by Gasteiger charge is -2.12. The van der Waals surface area contributed by atoms with Gasteiger partial charge in [-0.15, -0.1) is 0 Å². The van der Waals surface area contributed by atoms with Crippen LogP contribution in [0, 0.1) is 0 Å². The fourth-order valence-electron chi connectivity index (χ4n) is 2.90. The number of hydrogen-bond acceptors (Lipinski definition) is 5. The van der Waals surface area contributed by atoms with Gasteiger partial charge in [0, 0.05) is 21.4 Å². The SMILES string of the molecule is COc1ccc(Cl)cc1C(=O)NCCc1ccc(Sc2ccccc2)c(S(N)(=O)=O)c1. The zero-order chi connectivity index (χ0) is 22.4. The van der Waals surface area contributed by atoms with Crippen LogP contribution in [-0.4, -0.2) is 28.0 Å². The number of methoxy groups -OCH3 is 1. The highest BCUT2D eigenvalue weighted by molar-refractivity contribution is 8.00. The van der Waals surface area contributed by atoms with Gasteiger partial charge in [0.25, 0.3) is 5.91 Å². The predicted molar refractivity (Wildman–Crippen MR) is 122 cm³/mol. The molecule has 0 heterocycles. The highest BCUT2D eigenvalue weighted by Crippen LogP contribution is 2.33. The molecule has 0 radical (unpaired) electrons. The Bertz CT molecular complexity index is 1190. The lowest BCUT2D eigenvalue weighted by atomic mass is 10.1. The van der Waals surface area contributed by atoms with E-state index in [0.29, 0.717) is 34.2 Å². The van der Waals surface area contributed by atoms with E-state index in [1.807, 2.05) is 36.4 Å². The van der Waals surface area contributed by atoms with E-state index in [-0.39, 0.29) is 10.8 Å².